The minimum atomic E-state index is -0.340. The van der Waals surface area contributed by atoms with E-state index in [2.05, 4.69) is 31.9 Å². The Bertz CT molecular complexity index is 849. The number of benzene rings is 2. The first-order chi connectivity index (χ1) is 10.4. The number of aromatic hydroxyl groups is 1. The van der Waals surface area contributed by atoms with Crippen molar-refractivity contribution >= 4 is 55.2 Å². The molecular formula is C16H9Br2NO3. The summed E-state index contributed by atoms with van der Waals surface area (Å²) < 4.78 is 0.932. The zero-order valence-corrected chi connectivity index (χ0v) is 14.2. The number of anilines is 1. The Morgan fingerprint density at radius 1 is 0.955 bits per heavy atom. The van der Waals surface area contributed by atoms with E-state index in [4.69, 9.17) is 5.73 Å². The van der Waals surface area contributed by atoms with Crippen LogP contribution in [0.2, 0.25) is 0 Å². The van der Waals surface area contributed by atoms with Crippen LogP contribution in [0.1, 0.15) is 26.3 Å². The number of allylic oxidation sites excluding steroid dienone is 1. The Morgan fingerprint density at radius 3 is 2.18 bits per heavy atom. The van der Waals surface area contributed by atoms with Crippen molar-refractivity contribution in [3.05, 3.63) is 61.5 Å². The van der Waals surface area contributed by atoms with Crippen molar-refractivity contribution in [3.63, 3.8) is 0 Å². The number of hydrogen-bond acceptors (Lipinski definition) is 4. The van der Waals surface area contributed by atoms with E-state index in [0.717, 1.165) is 0 Å². The van der Waals surface area contributed by atoms with Gasteiger partial charge >= 0.3 is 0 Å². The van der Waals surface area contributed by atoms with Crippen molar-refractivity contribution in [3.8, 4) is 5.75 Å². The van der Waals surface area contributed by atoms with Gasteiger partial charge in [-0.15, -0.1) is 0 Å². The molecule has 22 heavy (non-hydrogen) atoms. The third-order valence-electron chi connectivity index (χ3n) is 3.37. The number of rotatable bonds is 1. The van der Waals surface area contributed by atoms with Crippen molar-refractivity contribution in [1.82, 2.24) is 0 Å². The minimum absolute atomic E-state index is 0.0577. The molecule has 4 nitrogen and oxygen atoms in total. The maximum Gasteiger partial charge on any atom is 0.197 e. The van der Waals surface area contributed by atoms with E-state index in [-0.39, 0.29) is 22.9 Å². The van der Waals surface area contributed by atoms with E-state index >= 15 is 0 Å². The van der Waals surface area contributed by atoms with Gasteiger partial charge in [0.25, 0.3) is 0 Å². The highest BCUT2D eigenvalue weighted by Gasteiger charge is 2.33. The molecule has 0 unspecified atom stereocenters. The van der Waals surface area contributed by atoms with E-state index < -0.39 is 0 Å². The van der Waals surface area contributed by atoms with Crippen LogP contribution < -0.4 is 5.73 Å². The number of halogens is 2. The molecule has 0 amide bonds. The molecule has 0 fully saturated rings. The maximum atomic E-state index is 12.4. The van der Waals surface area contributed by atoms with Crippen LogP contribution in [0.5, 0.6) is 5.75 Å². The van der Waals surface area contributed by atoms with Crippen LogP contribution in [-0.4, -0.2) is 16.7 Å². The number of carbonyl (C=O) groups excluding carboxylic acids is 2. The fourth-order valence-corrected chi connectivity index (χ4v) is 3.53. The number of fused-ring (bicyclic) bond motifs is 1. The average molecular weight is 423 g/mol. The molecule has 2 aromatic carbocycles. The fraction of sp³-hybridized carbons (Fsp3) is 0. The highest BCUT2D eigenvalue weighted by molar-refractivity contribution is 9.11. The number of Topliss-reactive ketones (excluding diaryl/α,β-unsaturated/α-hetero) is 2. The predicted molar refractivity (Wildman–Crippen MR) is 91.0 cm³/mol. The van der Waals surface area contributed by atoms with Crippen LogP contribution in [0.25, 0.3) is 6.08 Å². The Balaban J connectivity index is 2.11. The Hall–Kier alpha value is -1.92. The van der Waals surface area contributed by atoms with Gasteiger partial charge in [0.05, 0.1) is 14.5 Å². The molecular weight excluding hydrogens is 414 g/mol. The standard InChI is InChI=1S/C16H9Br2NO3/c17-12-4-7(5-13(18)16(12)22)3-11-14(20)9-2-1-8(19)6-10(9)15(11)21/h1-6,22H,19H2. The average Bonchev–Trinajstić information content (AvgIpc) is 2.69. The van der Waals surface area contributed by atoms with E-state index in [1.54, 1.807) is 24.3 Å². The first-order valence-electron chi connectivity index (χ1n) is 6.27. The van der Waals surface area contributed by atoms with E-state index in [1.807, 2.05) is 0 Å². The van der Waals surface area contributed by atoms with Crippen molar-refractivity contribution in [1.29, 1.82) is 0 Å². The number of ketones is 2. The molecule has 1 aliphatic carbocycles. The molecule has 0 bridgehead atoms. The molecule has 1 aliphatic rings. The number of carbonyl (C=O) groups is 2. The second kappa shape index (κ2) is 5.37. The molecule has 0 spiro atoms. The van der Waals surface area contributed by atoms with E-state index in [1.165, 1.54) is 12.1 Å². The molecule has 0 heterocycles. The van der Waals surface area contributed by atoms with Gasteiger partial charge in [-0.1, -0.05) is 0 Å². The monoisotopic (exact) mass is 421 g/mol. The molecule has 0 atom stereocenters. The van der Waals surface area contributed by atoms with Gasteiger partial charge in [0, 0.05) is 16.8 Å². The van der Waals surface area contributed by atoms with Gasteiger partial charge < -0.3 is 10.8 Å². The smallest absolute Gasteiger partial charge is 0.197 e. The van der Waals surface area contributed by atoms with Gasteiger partial charge in [-0.05, 0) is 73.8 Å². The van der Waals surface area contributed by atoms with Crippen LogP contribution in [0, 0.1) is 0 Å². The Labute approximate surface area is 142 Å². The van der Waals surface area contributed by atoms with Crippen LogP contribution >= 0.6 is 31.9 Å². The number of nitrogen functional groups attached to an aromatic ring is 1. The molecule has 3 rings (SSSR count). The lowest BCUT2D eigenvalue weighted by molar-refractivity contribution is 0.0990. The maximum absolute atomic E-state index is 12.4. The summed E-state index contributed by atoms with van der Waals surface area (Å²) in [7, 11) is 0. The molecule has 0 aliphatic heterocycles. The molecule has 110 valence electrons. The molecule has 0 saturated carbocycles. The van der Waals surface area contributed by atoms with Gasteiger partial charge in [-0.3, -0.25) is 9.59 Å². The zero-order chi connectivity index (χ0) is 16.0. The largest absolute Gasteiger partial charge is 0.506 e. The van der Waals surface area contributed by atoms with Gasteiger partial charge in [0.2, 0.25) is 0 Å². The van der Waals surface area contributed by atoms with Crippen molar-refractivity contribution in [2.45, 2.75) is 0 Å². The Kier molecular flexibility index (Phi) is 3.66. The number of phenols is 1. The van der Waals surface area contributed by atoms with E-state index in [9.17, 15) is 14.7 Å². The van der Waals surface area contributed by atoms with Crippen LogP contribution in [0.4, 0.5) is 5.69 Å². The summed E-state index contributed by atoms with van der Waals surface area (Å²) in [5.74, 6) is -0.602. The minimum Gasteiger partial charge on any atom is -0.506 e. The summed E-state index contributed by atoms with van der Waals surface area (Å²) in [4.78, 5) is 24.7. The molecule has 0 aromatic heterocycles. The highest BCUT2D eigenvalue weighted by atomic mass is 79.9. The molecule has 2 aromatic rings. The lowest BCUT2D eigenvalue weighted by Gasteiger charge is -2.03. The van der Waals surface area contributed by atoms with Crippen molar-refractivity contribution in [2.75, 3.05) is 5.73 Å². The topological polar surface area (TPSA) is 80.4 Å². The summed E-state index contributed by atoms with van der Waals surface area (Å²) in [6.45, 7) is 0. The van der Waals surface area contributed by atoms with Crippen LogP contribution in [0.3, 0.4) is 0 Å². The quantitative estimate of drug-likeness (QED) is 0.414. The summed E-state index contributed by atoms with van der Waals surface area (Å²) in [6, 6.07) is 7.93. The first-order valence-corrected chi connectivity index (χ1v) is 7.85. The number of phenolic OH excluding ortho intramolecular Hbond substituents is 1. The zero-order valence-electron chi connectivity index (χ0n) is 11.1. The second-order valence-corrected chi connectivity index (χ2v) is 6.56. The normalized spacial score (nSPS) is 15.5. The van der Waals surface area contributed by atoms with Gasteiger partial charge in [0.1, 0.15) is 5.75 Å². The van der Waals surface area contributed by atoms with Gasteiger partial charge in [0.15, 0.2) is 11.6 Å². The molecule has 3 N–H and O–H groups in total. The molecule has 0 radical (unpaired) electrons. The van der Waals surface area contributed by atoms with Crippen molar-refractivity contribution in [2.24, 2.45) is 0 Å². The third-order valence-corrected chi connectivity index (χ3v) is 4.58. The third kappa shape index (κ3) is 2.38. The van der Waals surface area contributed by atoms with Gasteiger partial charge in [-0.2, -0.15) is 0 Å². The van der Waals surface area contributed by atoms with Crippen LogP contribution in [-0.2, 0) is 0 Å². The first kappa shape index (κ1) is 15.0. The second-order valence-electron chi connectivity index (χ2n) is 4.85. The number of hydrogen-bond donors (Lipinski definition) is 2. The van der Waals surface area contributed by atoms with Crippen LogP contribution in [0.15, 0.2) is 44.9 Å². The summed E-state index contributed by atoms with van der Waals surface area (Å²) in [5.41, 5.74) is 7.51. The van der Waals surface area contributed by atoms with E-state index in [0.29, 0.717) is 31.3 Å². The lowest BCUT2D eigenvalue weighted by Crippen LogP contribution is -2.00. The lowest BCUT2D eigenvalue weighted by atomic mass is 10.1. The van der Waals surface area contributed by atoms with Gasteiger partial charge in [-0.25, -0.2) is 0 Å². The predicted octanol–water partition coefficient (Wildman–Crippen LogP) is 3.96. The summed E-state index contributed by atoms with van der Waals surface area (Å²) in [5, 5.41) is 9.71. The highest BCUT2D eigenvalue weighted by Crippen LogP contribution is 2.35. The summed E-state index contributed by atoms with van der Waals surface area (Å²) >= 11 is 6.44. The summed E-state index contributed by atoms with van der Waals surface area (Å²) in [6.07, 6.45) is 1.51. The Morgan fingerprint density at radius 2 is 1.55 bits per heavy atom. The number of nitrogens with two attached hydrogens (primary N) is 1. The fourth-order valence-electron chi connectivity index (χ4n) is 2.31. The SMILES string of the molecule is Nc1ccc2c(c1)C(=O)C(=Cc1cc(Br)c(O)c(Br)c1)C2=O. The van der Waals surface area contributed by atoms with Crippen molar-refractivity contribution < 1.29 is 14.7 Å². The molecule has 0 saturated heterocycles. The molecule has 6 heteroatoms.